The van der Waals surface area contributed by atoms with Gasteiger partial charge in [0, 0.05) is 0 Å². The van der Waals surface area contributed by atoms with Gasteiger partial charge in [-0.25, -0.2) is 0 Å². The molecule has 0 aliphatic carbocycles. The first-order chi connectivity index (χ1) is 5.61. The van der Waals surface area contributed by atoms with Crippen LogP contribution in [0.3, 0.4) is 0 Å². The van der Waals surface area contributed by atoms with Crippen LogP contribution in [0.5, 0.6) is 0 Å². The lowest BCUT2D eigenvalue weighted by Crippen LogP contribution is -2.11. The van der Waals surface area contributed by atoms with E-state index in [1.807, 2.05) is 0 Å². The van der Waals surface area contributed by atoms with Gasteiger partial charge in [0.15, 0.2) is 0 Å². The molecule has 0 saturated carbocycles. The predicted molar refractivity (Wildman–Crippen MR) is 57.0 cm³/mol. The van der Waals surface area contributed by atoms with Crippen LogP contribution in [-0.2, 0) is 0 Å². The van der Waals surface area contributed by atoms with Crippen molar-refractivity contribution in [1.82, 2.24) is 0 Å². The van der Waals surface area contributed by atoms with E-state index in [9.17, 15) is 0 Å². The summed E-state index contributed by atoms with van der Waals surface area (Å²) in [7, 11) is 0. The third kappa shape index (κ3) is 4.79. The van der Waals surface area contributed by atoms with Crippen molar-refractivity contribution in [2.24, 2.45) is 17.8 Å². The van der Waals surface area contributed by atoms with Crippen LogP contribution in [-0.4, -0.2) is 0 Å². The molecule has 0 aromatic heterocycles. The van der Waals surface area contributed by atoms with Crippen LogP contribution >= 0.6 is 0 Å². The van der Waals surface area contributed by atoms with E-state index in [2.05, 4.69) is 41.0 Å². The zero-order chi connectivity index (χ0) is 9.56. The van der Waals surface area contributed by atoms with E-state index in [0.717, 1.165) is 17.8 Å². The summed E-state index contributed by atoms with van der Waals surface area (Å²) in [5, 5.41) is 0. The van der Waals surface area contributed by atoms with Gasteiger partial charge in [-0.15, -0.1) is 0 Å². The van der Waals surface area contributed by atoms with Gasteiger partial charge >= 0.3 is 0 Å². The second-order valence-electron chi connectivity index (χ2n) is 4.35. The highest BCUT2D eigenvalue weighted by Gasteiger charge is 2.13. The molecule has 0 fully saturated rings. The van der Waals surface area contributed by atoms with Crippen molar-refractivity contribution in [2.75, 3.05) is 0 Å². The van der Waals surface area contributed by atoms with Crippen molar-refractivity contribution >= 4 is 0 Å². The van der Waals surface area contributed by atoms with E-state index >= 15 is 0 Å². The van der Waals surface area contributed by atoms with E-state index in [1.54, 1.807) is 0 Å². The van der Waals surface area contributed by atoms with Crippen LogP contribution < -0.4 is 0 Å². The molecule has 0 rings (SSSR count). The van der Waals surface area contributed by atoms with Crippen LogP contribution in [0.25, 0.3) is 0 Å². The molecule has 0 amide bonds. The molecule has 12 heavy (non-hydrogen) atoms. The van der Waals surface area contributed by atoms with Gasteiger partial charge in [0.05, 0.1) is 0 Å². The van der Waals surface area contributed by atoms with Crippen molar-refractivity contribution in [3.8, 4) is 0 Å². The SMILES string of the molecule is C[CH]CC(C)CC(C)C(C)CC. The Morgan fingerprint density at radius 2 is 1.67 bits per heavy atom. The molecule has 0 aliphatic heterocycles. The number of hydrogen-bond donors (Lipinski definition) is 0. The summed E-state index contributed by atoms with van der Waals surface area (Å²) in [5.74, 6) is 2.66. The third-order valence-corrected chi connectivity index (χ3v) is 3.03. The number of hydrogen-bond acceptors (Lipinski definition) is 0. The summed E-state index contributed by atoms with van der Waals surface area (Å²) < 4.78 is 0. The van der Waals surface area contributed by atoms with Crippen molar-refractivity contribution in [2.45, 2.75) is 53.9 Å². The maximum Gasteiger partial charge on any atom is -0.0414 e. The Kier molecular flexibility index (Phi) is 6.51. The molecular formula is C12H25. The van der Waals surface area contributed by atoms with Gasteiger partial charge in [0.1, 0.15) is 0 Å². The van der Waals surface area contributed by atoms with E-state index in [-0.39, 0.29) is 0 Å². The van der Waals surface area contributed by atoms with E-state index in [0.29, 0.717) is 0 Å². The van der Waals surface area contributed by atoms with Gasteiger partial charge in [-0.05, 0) is 37.0 Å². The Labute approximate surface area is 78.8 Å². The van der Waals surface area contributed by atoms with Crippen molar-refractivity contribution in [1.29, 1.82) is 0 Å². The Morgan fingerprint density at radius 3 is 2.08 bits per heavy atom. The van der Waals surface area contributed by atoms with E-state index in [1.165, 1.54) is 19.3 Å². The molecule has 0 heteroatoms. The Hall–Kier alpha value is 0. The lowest BCUT2D eigenvalue weighted by atomic mass is 9.85. The summed E-state index contributed by atoms with van der Waals surface area (Å²) in [5.41, 5.74) is 0. The maximum absolute atomic E-state index is 2.39. The molecule has 0 spiro atoms. The quantitative estimate of drug-likeness (QED) is 0.556. The molecule has 0 nitrogen and oxygen atoms in total. The minimum atomic E-state index is 0.874. The van der Waals surface area contributed by atoms with Crippen LogP contribution in [0.15, 0.2) is 0 Å². The Balaban J connectivity index is 3.59. The summed E-state index contributed by atoms with van der Waals surface area (Å²) in [6.45, 7) is 11.6. The molecule has 0 N–H and O–H groups in total. The predicted octanol–water partition coefficient (Wildman–Crippen LogP) is 4.31. The zero-order valence-corrected chi connectivity index (χ0v) is 9.43. The summed E-state index contributed by atoms with van der Waals surface area (Å²) in [6.07, 6.45) is 6.28. The first-order valence-corrected chi connectivity index (χ1v) is 5.39. The van der Waals surface area contributed by atoms with E-state index < -0.39 is 0 Å². The molecule has 0 saturated heterocycles. The zero-order valence-electron chi connectivity index (χ0n) is 9.43. The molecule has 1 radical (unpaired) electrons. The molecule has 0 aromatic rings. The first-order valence-electron chi connectivity index (χ1n) is 5.39. The summed E-state index contributed by atoms with van der Waals surface area (Å²) >= 11 is 0. The topological polar surface area (TPSA) is 0 Å². The lowest BCUT2D eigenvalue weighted by Gasteiger charge is -2.21. The molecule has 3 unspecified atom stereocenters. The summed E-state index contributed by atoms with van der Waals surface area (Å²) in [4.78, 5) is 0. The van der Waals surface area contributed by atoms with Crippen LogP contribution in [0.4, 0.5) is 0 Å². The fourth-order valence-electron chi connectivity index (χ4n) is 1.77. The van der Waals surface area contributed by atoms with E-state index in [4.69, 9.17) is 0 Å². The molecule has 0 aromatic carbocycles. The number of rotatable bonds is 6. The fraction of sp³-hybridized carbons (Fsp3) is 0.917. The maximum atomic E-state index is 2.39. The normalized spacial score (nSPS) is 18.8. The van der Waals surface area contributed by atoms with Gasteiger partial charge in [0.2, 0.25) is 0 Å². The lowest BCUT2D eigenvalue weighted by molar-refractivity contribution is 0.305. The molecule has 3 atom stereocenters. The van der Waals surface area contributed by atoms with Crippen molar-refractivity contribution in [3.63, 3.8) is 0 Å². The van der Waals surface area contributed by atoms with Gasteiger partial charge in [-0.3, -0.25) is 0 Å². The highest BCUT2D eigenvalue weighted by atomic mass is 14.2. The Bertz CT molecular complexity index is 96.2. The highest BCUT2D eigenvalue weighted by molar-refractivity contribution is 4.68. The van der Waals surface area contributed by atoms with Crippen molar-refractivity contribution < 1.29 is 0 Å². The van der Waals surface area contributed by atoms with Gasteiger partial charge in [-0.1, -0.05) is 41.0 Å². The van der Waals surface area contributed by atoms with Crippen LogP contribution in [0.2, 0.25) is 0 Å². The second-order valence-corrected chi connectivity index (χ2v) is 4.35. The minimum Gasteiger partial charge on any atom is -0.0651 e. The van der Waals surface area contributed by atoms with Gasteiger partial charge in [0.25, 0.3) is 0 Å². The fourth-order valence-corrected chi connectivity index (χ4v) is 1.77. The van der Waals surface area contributed by atoms with Crippen molar-refractivity contribution in [3.05, 3.63) is 6.42 Å². The molecule has 0 aliphatic rings. The molecule has 73 valence electrons. The first kappa shape index (κ1) is 12.0. The standard InChI is InChI=1S/C12H25/c1-6-8-10(3)9-12(5)11(4)7-2/h6,10-12H,7-9H2,1-5H3. The average molecular weight is 169 g/mol. The van der Waals surface area contributed by atoms with Gasteiger partial charge in [-0.2, -0.15) is 0 Å². The van der Waals surface area contributed by atoms with Gasteiger partial charge < -0.3 is 0 Å². The molecule has 0 bridgehead atoms. The summed E-state index contributed by atoms with van der Waals surface area (Å²) in [6, 6.07) is 0. The molecule has 0 heterocycles. The highest BCUT2D eigenvalue weighted by Crippen LogP contribution is 2.24. The third-order valence-electron chi connectivity index (χ3n) is 3.03. The average Bonchev–Trinajstić information content (AvgIpc) is 2.03. The Morgan fingerprint density at radius 1 is 1.08 bits per heavy atom. The van der Waals surface area contributed by atoms with Crippen LogP contribution in [0.1, 0.15) is 53.9 Å². The monoisotopic (exact) mass is 169 g/mol. The molecular weight excluding hydrogens is 144 g/mol. The second kappa shape index (κ2) is 6.51. The largest absolute Gasteiger partial charge is 0.0651 e. The minimum absolute atomic E-state index is 0.874. The smallest absolute Gasteiger partial charge is 0.0414 e. The van der Waals surface area contributed by atoms with Crippen LogP contribution in [0, 0.1) is 24.2 Å².